The van der Waals surface area contributed by atoms with Gasteiger partial charge in [-0.15, -0.1) is 13.2 Å². The smallest absolute Gasteiger partial charge is 0.452 e. The molecule has 2 aromatic carbocycles. The number of halogens is 3. The van der Waals surface area contributed by atoms with E-state index in [1.54, 1.807) is 4.90 Å². The zero-order valence-corrected chi connectivity index (χ0v) is 22.1. The Labute approximate surface area is 222 Å². The van der Waals surface area contributed by atoms with Crippen LogP contribution in [0.1, 0.15) is 31.9 Å². The summed E-state index contributed by atoms with van der Waals surface area (Å²) in [7, 11) is 1.49. The minimum Gasteiger partial charge on any atom is -0.452 e. The molecule has 0 bridgehead atoms. The fraction of sp³-hybridized carbons (Fsp3) is 0.385. The van der Waals surface area contributed by atoms with E-state index in [9.17, 15) is 22.8 Å². The first-order valence-electron chi connectivity index (χ1n) is 12.1. The average molecular weight is 550 g/mol. The van der Waals surface area contributed by atoms with Crippen LogP contribution in [-0.2, 0) is 25.2 Å². The van der Waals surface area contributed by atoms with E-state index >= 15 is 0 Å². The molecule has 0 fully saturated rings. The molecule has 3 aromatic rings. The van der Waals surface area contributed by atoms with Gasteiger partial charge in [0.05, 0.1) is 0 Å². The van der Waals surface area contributed by atoms with Crippen LogP contribution in [0.5, 0.6) is 11.5 Å². The summed E-state index contributed by atoms with van der Waals surface area (Å²) in [6.45, 7) is 7.37. The van der Waals surface area contributed by atoms with Crippen molar-refractivity contribution in [2.75, 3.05) is 10.2 Å². The van der Waals surface area contributed by atoms with E-state index in [-0.39, 0.29) is 30.5 Å². The van der Waals surface area contributed by atoms with Crippen LogP contribution >= 0.6 is 0 Å². The number of nitrogens with one attached hydrogen (secondary N) is 2. The highest BCUT2D eigenvalue weighted by Crippen LogP contribution is 2.34. The minimum atomic E-state index is -4.87. The third kappa shape index (κ3) is 6.73. The average Bonchev–Trinajstić information content (AvgIpc) is 3.17. The van der Waals surface area contributed by atoms with Gasteiger partial charge >= 0.3 is 12.1 Å². The Hall–Kier alpha value is -3.97. The van der Waals surface area contributed by atoms with Crippen molar-refractivity contribution >= 4 is 11.5 Å². The van der Waals surface area contributed by atoms with Crippen molar-refractivity contribution in [3.63, 3.8) is 0 Å². The van der Waals surface area contributed by atoms with Crippen molar-refractivity contribution < 1.29 is 27.5 Å². The number of benzene rings is 2. The highest BCUT2D eigenvalue weighted by molar-refractivity contribution is 5.71. The fourth-order valence-electron chi connectivity index (χ4n) is 3.93. The van der Waals surface area contributed by atoms with Crippen molar-refractivity contribution in [2.45, 2.75) is 59.2 Å². The standard InChI is InChI=1S/C26H30F3N5O5/c1-16-9-11-17(12-10-16)14-33-20-21(32(5)24(36)34(22(20)35)15-37-31-25(2,3)4)30-23(33)38-18-7-6-8-19(13-18)39-26(27,28)29/h6-13,23,30-31H,14-15H2,1-5H3. The number of hydroxylamine groups is 1. The predicted octanol–water partition coefficient (Wildman–Crippen LogP) is 3.83. The van der Waals surface area contributed by atoms with Gasteiger partial charge in [-0.1, -0.05) is 35.9 Å². The van der Waals surface area contributed by atoms with Gasteiger partial charge in [-0.3, -0.25) is 14.2 Å². The van der Waals surface area contributed by atoms with Crippen molar-refractivity contribution in [1.29, 1.82) is 0 Å². The van der Waals surface area contributed by atoms with Crippen molar-refractivity contribution in [3.05, 3.63) is 80.5 Å². The van der Waals surface area contributed by atoms with Crippen molar-refractivity contribution in [2.24, 2.45) is 7.05 Å². The summed E-state index contributed by atoms with van der Waals surface area (Å²) in [5, 5.41) is 3.02. The Bertz CT molecular complexity index is 1440. The number of nitrogens with zero attached hydrogens (tertiary/aromatic N) is 3. The van der Waals surface area contributed by atoms with Gasteiger partial charge in [0.1, 0.15) is 23.0 Å². The Morgan fingerprint density at radius 1 is 1.03 bits per heavy atom. The number of ether oxygens (including phenoxy) is 2. The lowest BCUT2D eigenvalue weighted by molar-refractivity contribution is -0.274. The Morgan fingerprint density at radius 3 is 2.33 bits per heavy atom. The van der Waals surface area contributed by atoms with E-state index in [1.165, 1.54) is 23.7 Å². The molecule has 39 heavy (non-hydrogen) atoms. The number of aryl methyl sites for hydroxylation is 1. The Kier molecular flexibility index (Phi) is 7.66. The second kappa shape index (κ2) is 10.7. The van der Waals surface area contributed by atoms with Crippen LogP contribution in [0.2, 0.25) is 0 Å². The maximum absolute atomic E-state index is 13.6. The van der Waals surface area contributed by atoms with Crippen LogP contribution in [0, 0.1) is 6.92 Å². The molecule has 10 nitrogen and oxygen atoms in total. The molecule has 0 saturated carbocycles. The van der Waals surface area contributed by atoms with Crippen LogP contribution in [-0.4, -0.2) is 27.4 Å². The summed E-state index contributed by atoms with van der Waals surface area (Å²) in [5.74, 6) is -0.206. The number of fused-ring (bicyclic) bond motifs is 1. The van der Waals surface area contributed by atoms with Crippen molar-refractivity contribution in [1.82, 2.24) is 14.6 Å². The lowest BCUT2D eigenvalue weighted by Gasteiger charge is -2.27. The van der Waals surface area contributed by atoms with Crippen LogP contribution in [0.15, 0.2) is 58.1 Å². The first-order valence-corrected chi connectivity index (χ1v) is 12.1. The van der Waals surface area contributed by atoms with Crippen LogP contribution < -0.4 is 36.4 Å². The minimum absolute atomic E-state index is 0.0546. The molecule has 1 aliphatic rings. The summed E-state index contributed by atoms with van der Waals surface area (Å²) < 4.78 is 50.4. The summed E-state index contributed by atoms with van der Waals surface area (Å²) in [6, 6.07) is 12.7. The molecule has 2 N–H and O–H groups in total. The van der Waals surface area contributed by atoms with Gasteiger partial charge in [-0.25, -0.2) is 9.36 Å². The number of hydrogen-bond acceptors (Lipinski definition) is 8. The Morgan fingerprint density at radius 2 is 1.69 bits per heavy atom. The van der Waals surface area contributed by atoms with Gasteiger partial charge in [0.2, 0.25) is 0 Å². The molecule has 13 heteroatoms. The molecule has 1 unspecified atom stereocenters. The second-order valence-corrected chi connectivity index (χ2v) is 10.1. The van der Waals surface area contributed by atoms with Gasteiger partial charge in [0.25, 0.3) is 11.9 Å². The Balaban J connectivity index is 1.72. The molecule has 0 spiro atoms. The van der Waals surface area contributed by atoms with Crippen molar-refractivity contribution in [3.8, 4) is 11.5 Å². The van der Waals surface area contributed by atoms with E-state index in [4.69, 9.17) is 9.57 Å². The number of alkyl halides is 3. The highest BCUT2D eigenvalue weighted by Gasteiger charge is 2.37. The molecule has 0 aliphatic carbocycles. The molecular formula is C26H30F3N5O5. The zero-order chi connectivity index (χ0) is 28.5. The quantitative estimate of drug-likeness (QED) is 0.410. The lowest BCUT2D eigenvalue weighted by Crippen LogP contribution is -2.45. The molecule has 1 aromatic heterocycles. The van der Waals surface area contributed by atoms with Crippen LogP contribution in [0.25, 0.3) is 0 Å². The highest BCUT2D eigenvalue weighted by atomic mass is 19.4. The predicted molar refractivity (Wildman–Crippen MR) is 138 cm³/mol. The molecule has 0 saturated heterocycles. The molecule has 1 aliphatic heterocycles. The van der Waals surface area contributed by atoms with Crippen LogP contribution in [0.3, 0.4) is 0 Å². The van der Waals surface area contributed by atoms with Crippen LogP contribution in [0.4, 0.5) is 24.7 Å². The van der Waals surface area contributed by atoms with E-state index in [2.05, 4.69) is 15.5 Å². The van der Waals surface area contributed by atoms with Gasteiger partial charge in [-0.05, 0) is 45.4 Å². The first-order chi connectivity index (χ1) is 18.2. The molecule has 210 valence electrons. The van der Waals surface area contributed by atoms with Gasteiger partial charge in [0.15, 0.2) is 6.73 Å². The summed E-state index contributed by atoms with van der Waals surface area (Å²) >= 11 is 0. The molecule has 0 radical (unpaired) electrons. The lowest BCUT2D eigenvalue weighted by atomic mass is 10.1. The van der Waals surface area contributed by atoms with E-state index in [1.807, 2.05) is 52.0 Å². The van der Waals surface area contributed by atoms with E-state index in [0.717, 1.165) is 27.8 Å². The van der Waals surface area contributed by atoms with Gasteiger partial charge in [0, 0.05) is 25.2 Å². The third-order valence-corrected chi connectivity index (χ3v) is 5.69. The molecular weight excluding hydrogens is 519 g/mol. The molecule has 2 heterocycles. The monoisotopic (exact) mass is 549 g/mol. The topological polar surface area (TPSA) is 99.0 Å². The first kappa shape index (κ1) is 28.0. The second-order valence-electron chi connectivity index (χ2n) is 10.1. The zero-order valence-electron chi connectivity index (χ0n) is 22.1. The fourth-order valence-corrected chi connectivity index (χ4v) is 3.93. The summed E-state index contributed by atoms with van der Waals surface area (Å²) in [6.07, 6.45) is -5.91. The largest absolute Gasteiger partial charge is 0.573 e. The number of rotatable bonds is 8. The maximum atomic E-state index is 13.6. The maximum Gasteiger partial charge on any atom is 0.573 e. The molecule has 0 amide bonds. The molecule has 1 atom stereocenters. The summed E-state index contributed by atoms with van der Waals surface area (Å²) in [5.41, 5.74) is 3.13. The number of anilines is 2. The number of aromatic nitrogens is 2. The van der Waals surface area contributed by atoms with E-state index < -0.39 is 35.3 Å². The summed E-state index contributed by atoms with van der Waals surface area (Å²) in [4.78, 5) is 33.7. The third-order valence-electron chi connectivity index (χ3n) is 5.69. The van der Waals surface area contributed by atoms with E-state index in [0.29, 0.717) is 0 Å². The van der Waals surface area contributed by atoms with Gasteiger partial charge < -0.3 is 19.7 Å². The normalized spacial score (nSPS) is 15.2. The molecule has 4 rings (SSSR count). The van der Waals surface area contributed by atoms with Gasteiger partial charge in [-0.2, -0.15) is 5.48 Å². The SMILES string of the molecule is Cc1ccc(CN2c3c(n(C)c(=O)n(CONC(C)(C)C)c3=O)NC2Oc2cccc(OC(F)(F)F)c2)cc1. The number of hydrogen-bond donors (Lipinski definition) is 2.